The van der Waals surface area contributed by atoms with E-state index in [1.54, 1.807) is 0 Å². The SMILES string of the molecule is CNC1CCCC(Sc2cc(C)cc(C)n2)C1. The molecule has 0 bridgehead atoms. The highest BCUT2D eigenvalue weighted by Crippen LogP contribution is 2.33. The van der Waals surface area contributed by atoms with Crippen molar-refractivity contribution in [2.24, 2.45) is 0 Å². The van der Waals surface area contributed by atoms with Crippen molar-refractivity contribution < 1.29 is 0 Å². The molecule has 1 aliphatic carbocycles. The summed E-state index contributed by atoms with van der Waals surface area (Å²) in [6, 6.07) is 5.05. The van der Waals surface area contributed by atoms with Gasteiger partial charge in [-0.1, -0.05) is 6.42 Å². The van der Waals surface area contributed by atoms with Crippen LogP contribution in [0.4, 0.5) is 0 Å². The molecule has 2 nitrogen and oxygen atoms in total. The van der Waals surface area contributed by atoms with Gasteiger partial charge in [-0.15, -0.1) is 11.8 Å². The predicted octanol–water partition coefficient (Wildman–Crippen LogP) is 3.32. The number of aryl methyl sites for hydroxylation is 2. The van der Waals surface area contributed by atoms with Crippen LogP contribution in [-0.4, -0.2) is 23.3 Å². The van der Waals surface area contributed by atoms with Crippen molar-refractivity contribution in [2.45, 2.75) is 55.8 Å². The van der Waals surface area contributed by atoms with Gasteiger partial charge in [-0.2, -0.15) is 0 Å². The molecular formula is C14H22N2S. The lowest BCUT2D eigenvalue weighted by atomic mass is 9.95. The molecule has 3 heteroatoms. The molecule has 0 radical (unpaired) electrons. The number of pyridine rings is 1. The zero-order valence-corrected chi connectivity index (χ0v) is 11.8. The third-order valence-electron chi connectivity index (χ3n) is 3.40. The first kappa shape index (κ1) is 12.9. The molecule has 1 aliphatic rings. The van der Waals surface area contributed by atoms with Gasteiger partial charge in [0.25, 0.3) is 0 Å². The van der Waals surface area contributed by atoms with Crippen molar-refractivity contribution in [3.05, 3.63) is 23.4 Å². The maximum atomic E-state index is 4.62. The van der Waals surface area contributed by atoms with E-state index in [9.17, 15) is 0 Å². The number of nitrogens with zero attached hydrogens (tertiary/aromatic N) is 1. The van der Waals surface area contributed by atoms with Crippen molar-refractivity contribution in [3.63, 3.8) is 0 Å². The number of nitrogens with one attached hydrogen (secondary N) is 1. The van der Waals surface area contributed by atoms with Crippen molar-refractivity contribution in [1.82, 2.24) is 10.3 Å². The molecule has 1 aromatic rings. The molecule has 1 saturated carbocycles. The van der Waals surface area contributed by atoms with Crippen LogP contribution < -0.4 is 5.32 Å². The van der Waals surface area contributed by atoms with E-state index in [0.717, 1.165) is 10.9 Å². The maximum Gasteiger partial charge on any atom is 0.0968 e. The van der Waals surface area contributed by atoms with Crippen molar-refractivity contribution >= 4 is 11.8 Å². The second kappa shape index (κ2) is 5.87. The Labute approximate surface area is 109 Å². The Hall–Kier alpha value is -0.540. The summed E-state index contributed by atoms with van der Waals surface area (Å²) < 4.78 is 0. The average molecular weight is 250 g/mol. The molecule has 1 N–H and O–H groups in total. The number of hydrogen-bond acceptors (Lipinski definition) is 3. The Bertz CT molecular complexity index is 358. The Balaban J connectivity index is 2.00. The van der Waals surface area contributed by atoms with Crippen LogP contribution in [0.25, 0.3) is 0 Å². The zero-order valence-electron chi connectivity index (χ0n) is 11.0. The standard InChI is InChI=1S/C14H22N2S/c1-10-7-11(2)16-14(8-10)17-13-6-4-5-12(9-13)15-3/h7-8,12-13,15H,4-6,9H2,1-3H3. The highest BCUT2D eigenvalue weighted by atomic mass is 32.2. The van der Waals surface area contributed by atoms with Crippen LogP contribution in [0, 0.1) is 13.8 Å². The van der Waals surface area contributed by atoms with E-state index < -0.39 is 0 Å². The number of aromatic nitrogens is 1. The molecule has 1 fully saturated rings. The van der Waals surface area contributed by atoms with Gasteiger partial charge < -0.3 is 5.32 Å². The highest BCUT2D eigenvalue weighted by Gasteiger charge is 2.21. The van der Waals surface area contributed by atoms with Crippen molar-refractivity contribution in [1.29, 1.82) is 0 Å². The smallest absolute Gasteiger partial charge is 0.0968 e. The fourth-order valence-electron chi connectivity index (χ4n) is 2.55. The van der Waals surface area contributed by atoms with Gasteiger partial charge in [-0.25, -0.2) is 4.98 Å². The van der Waals surface area contributed by atoms with E-state index in [2.05, 4.69) is 43.3 Å². The number of thioether (sulfide) groups is 1. The lowest BCUT2D eigenvalue weighted by Gasteiger charge is -2.28. The molecule has 0 amide bonds. The monoisotopic (exact) mass is 250 g/mol. The molecule has 17 heavy (non-hydrogen) atoms. The first-order valence-electron chi connectivity index (χ1n) is 6.46. The summed E-state index contributed by atoms with van der Waals surface area (Å²) in [6.45, 7) is 4.23. The first-order chi connectivity index (χ1) is 8.17. The van der Waals surface area contributed by atoms with E-state index in [1.807, 2.05) is 11.8 Å². The molecule has 2 unspecified atom stereocenters. The largest absolute Gasteiger partial charge is 0.317 e. The minimum Gasteiger partial charge on any atom is -0.317 e. The molecule has 2 atom stereocenters. The third-order valence-corrected chi connectivity index (χ3v) is 4.61. The second-order valence-corrected chi connectivity index (χ2v) is 6.34. The zero-order chi connectivity index (χ0) is 12.3. The quantitative estimate of drug-likeness (QED) is 0.891. The molecule has 0 aliphatic heterocycles. The average Bonchev–Trinajstić information content (AvgIpc) is 2.28. The summed E-state index contributed by atoms with van der Waals surface area (Å²) in [4.78, 5) is 4.62. The summed E-state index contributed by atoms with van der Waals surface area (Å²) in [6.07, 6.45) is 5.27. The topological polar surface area (TPSA) is 24.9 Å². The van der Waals surface area contributed by atoms with Crippen LogP contribution in [0.15, 0.2) is 17.2 Å². The summed E-state index contributed by atoms with van der Waals surface area (Å²) in [5.41, 5.74) is 2.45. The predicted molar refractivity (Wildman–Crippen MR) is 74.7 cm³/mol. The van der Waals surface area contributed by atoms with Crippen LogP contribution in [0.3, 0.4) is 0 Å². The Morgan fingerprint density at radius 3 is 2.82 bits per heavy atom. The molecule has 1 heterocycles. The van der Waals surface area contributed by atoms with Crippen molar-refractivity contribution in [3.8, 4) is 0 Å². The van der Waals surface area contributed by atoms with Crippen molar-refractivity contribution in [2.75, 3.05) is 7.05 Å². The maximum absolute atomic E-state index is 4.62. The van der Waals surface area contributed by atoms with E-state index in [-0.39, 0.29) is 0 Å². The van der Waals surface area contributed by atoms with E-state index in [4.69, 9.17) is 0 Å². The highest BCUT2D eigenvalue weighted by molar-refractivity contribution is 7.99. The minimum absolute atomic E-state index is 0.701. The number of rotatable bonds is 3. The summed E-state index contributed by atoms with van der Waals surface area (Å²) in [5, 5.41) is 5.34. The fourth-order valence-corrected chi connectivity index (χ4v) is 3.95. The van der Waals surface area contributed by atoms with E-state index in [1.165, 1.54) is 36.3 Å². The van der Waals surface area contributed by atoms with Gasteiger partial charge in [0.05, 0.1) is 5.03 Å². The van der Waals surface area contributed by atoms with Gasteiger partial charge in [0.15, 0.2) is 0 Å². The van der Waals surface area contributed by atoms with Crippen LogP contribution >= 0.6 is 11.8 Å². The molecule has 0 aromatic carbocycles. The molecule has 2 rings (SSSR count). The van der Waals surface area contributed by atoms with Gasteiger partial charge >= 0.3 is 0 Å². The van der Waals surface area contributed by atoms with Crippen LogP contribution in [0.5, 0.6) is 0 Å². The van der Waals surface area contributed by atoms with Crippen LogP contribution in [0.1, 0.15) is 36.9 Å². The minimum atomic E-state index is 0.701. The fraction of sp³-hybridized carbons (Fsp3) is 0.643. The summed E-state index contributed by atoms with van der Waals surface area (Å²) in [7, 11) is 2.08. The van der Waals surface area contributed by atoms with Gasteiger partial charge in [-0.3, -0.25) is 0 Å². The normalized spacial score (nSPS) is 24.9. The third kappa shape index (κ3) is 3.71. The van der Waals surface area contributed by atoms with Gasteiger partial charge in [0.2, 0.25) is 0 Å². The van der Waals surface area contributed by atoms with Gasteiger partial charge in [0, 0.05) is 17.0 Å². The second-order valence-electron chi connectivity index (χ2n) is 5.02. The van der Waals surface area contributed by atoms with E-state index >= 15 is 0 Å². The lowest BCUT2D eigenvalue weighted by Crippen LogP contribution is -2.32. The van der Waals surface area contributed by atoms with Crippen LogP contribution in [-0.2, 0) is 0 Å². The molecular weight excluding hydrogens is 228 g/mol. The van der Waals surface area contributed by atoms with Gasteiger partial charge in [0.1, 0.15) is 0 Å². The Kier molecular flexibility index (Phi) is 4.46. The Morgan fingerprint density at radius 2 is 2.12 bits per heavy atom. The van der Waals surface area contributed by atoms with Crippen LogP contribution in [0.2, 0.25) is 0 Å². The summed E-state index contributed by atoms with van der Waals surface area (Å²) >= 11 is 1.96. The number of hydrogen-bond donors (Lipinski definition) is 1. The van der Waals surface area contributed by atoms with E-state index in [0.29, 0.717) is 6.04 Å². The molecule has 94 valence electrons. The van der Waals surface area contributed by atoms with Gasteiger partial charge in [-0.05, 0) is 57.9 Å². The summed E-state index contributed by atoms with van der Waals surface area (Å²) in [5.74, 6) is 0. The molecule has 1 aromatic heterocycles. The molecule has 0 saturated heterocycles. The first-order valence-corrected chi connectivity index (χ1v) is 7.34. The molecule has 0 spiro atoms. The Morgan fingerprint density at radius 1 is 1.29 bits per heavy atom. The lowest BCUT2D eigenvalue weighted by molar-refractivity contribution is 0.402.